The number of rotatable bonds is 8. The average molecular weight is 440 g/mol. The first-order chi connectivity index (χ1) is 15.3. The van der Waals surface area contributed by atoms with Gasteiger partial charge in [-0.05, 0) is 42.0 Å². The van der Waals surface area contributed by atoms with Crippen LogP contribution in [0.5, 0.6) is 11.5 Å². The normalized spacial score (nSPS) is 16.4. The lowest BCUT2D eigenvalue weighted by Gasteiger charge is -2.19. The van der Waals surface area contributed by atoms with Crippen molar-refractivity contribution in [2.75, 3.05) is 18.6 Å². The topological polar surface area (TPSA) is 122 Å². The second-order valence-corrected chi connectivity index (χ2v) is 7.44. The molecule has 2 unspecified atom stereocenters. The summed E-state index contributed by atoms with van der Waals surface area (Å²) in [6.07, 6.45) is 0.0472. The Morgan fingerprint density at radius 1 is 1.09 bits per heavy atom. The first-order valence-corrected chi connectivity index (χ1v) is 10.0. The quantitative estimate of drug-likeness (QED) is 0.474. The van der Waals surface area contributed by atoms with E-state index in [2.05, 4.69) is 5.32 Å². The fourth-order valence-corrected chi connectivity index (χ4v) is 3.48. The minimum atomic E-state index is -1.18. The molecule has 1 aliphatic heterocycles. The summed E-state index contributed by atoms with van der Waals surface area (Å²) in [5, 5.41) is 12.1. The van der Waals surface area contributed by atoms with Gasteiger partial charge in [-0.3, -0.25) is 14.4 Å². The Morgan fingerprint density at radius 2 is 1.72 bits per heavy atom. The predicted molar refractivity (Wildman–Crippen MR) is 114 cm³/mol. The molecule has 3 rings (SSSR count). The third-order valence-electron chi connectivity index (χ3n) is 5.12. The number of amides is 2. The Labute approximate surface area is 184 Å². The van der Waals surface area contributed by atoms with Gasteiger partial charge < -0.3 is 24.8 Å². The highest BCUT2D eigenvalue weighted by Crippen LogP contribution is 2.27. The highest BCUT2D eigenvalue weighted by Gasteiger charge is 2.36. The van der Waals surface area contributed by atoms with Crippen molar-refractivity contribution < 1.29 is 33.8 Å². The van der Waals surface area contributed by atoms with Gasteiger partial charge in [0.1, 0.15) is 17.5 Å². The molecule has 0 spiro atoms. The lowest BCUT2D eigenvalue weighted by Crippen LogP contribution is -2.45. The standard InChI is InChI=1S/C23H24N2O7/c1-14(26)32-19-7-3-15(4-8-19)11-20(23(29)30)24-22(28)16-12-21(27)25(13-16)17-5-9-18(31-2)10-6-17/h3-10,16,20H,11-13H2,1-2H3,(H,24,28)(H,29,30). The Kier molecular flexibility index (Phi) is 7.09. The molecule has 0 radical (unpaired) electrons. The van der Waals surface area contributed by atoms with Gasteiger partial charge in [-0.1, -0.05) is 12.1 Å². The highest BCUT2D eigenvalue weighted by molar-refractivity contribution is 6.00. The Balaban J connectivity index is 1.62. The second-order valence-electron chi connectivity index (χ2n) is 7.44. The lowest BCUT2D eigenvalue weighted by atomic mass is 10.0. The molecule has 2 aromatic carbocycles. The van der Waals surface area contributed by atoms with Crippen LogP contribution < -0.4 is 19.7 Å². The molecule has 32 heavy (non-hydrogen) atoms. The smallest absolute Gasteiger partial charge is 0.326 e. The molecule has 1 heterocycles. The molecule has 2 aromatic rings. The van der Waals surface area contributed by atoms with Crippen molar-refractivity contribution in [2.24, 2.45) is 5.92 Å². The van der Waals surface area contributed by atoms with Gasteiger partial charge in [-0.15, -0.1) is 0 Å². The first-order valence-electron chi connectivity index (χ1n) is 10.0. The maximum absolute atomic E-state index is 12.7. The molecule has 9 nitrogen and oxygen atoms in total. The minimum Gasteiger partial charge on any atom is -0.497 e. The highest BCUT2D eigenvalue weighted by atomic mass is 16.5. The van der Waals surface area contributed by atoms with Gasteiger partial charge in [0, 0.05) is 32.0 Å². The van der Waals surface area contributed by atoms with Gasteiger partial charge in [0.25, 0.3) is 0 Å². The zero-order valence-corrected chi connectivity index (χ0v) is 17.7. The molecule has 1 saturated heterocycles. The van der Waals surface area contributed by atoms with E-state index >= 15 is 0 Å². The molecule has 0 aliphatic carbocycles. The number of nitrogens with one attached hydrogen (secondary N) is 1. The lowest BCUT2D eigenvalue weighted by molar-refractivity contribution is -0.142. The number of carboxylic acids is 1. The summed E-state index contributed by atoms with van der Waals surface area (Å²) >= 11 is 0. The number of esters is 1. The molecule has 0 saturated carbocycles. The van der Waals surface area contributed by atoms with E-state index in [-0.39, 0.29) is 25.3 Å². The molecule has 2 atom stereocenters. The summed E-state index contributed by atoms with van der Waals surface area (Å²) in [5.41, 5.74) is 1.30. The number of carboxylic acid groups (broad SMARTS) is 1. The monoisotopic (exact) mass is 440 g/mol. The molecule has 1 aliphatic rings. The molecule has 0 bridgehead atoms. The molecule has 168 valence electrons. The number of ether oxygens (including phenoxy) is 2. The molecule has 9 heteroatoms. The minimum absolute atomic E-state index is 0.00127. The van der Waals surface area contributed by atoms with Gasteiger partial charge >= 0.3 is 11.9 Å². The first kappa shape index (κ1) is 22.8. The van der Waals surface area contributed by atoms with Crippen LogP contribution in [0.1, 0.15) is 18.9 Å². The summed E-state index contributed by atoms with van der Waals surface area (Å²) in [4.78, 5) is 49.4. The summed E-state index contributed by atoms with van der Waals surface area (Å²) < 4.78 is 10.1. The number of methoxy groups -OCH3 is 1. The van der Waals surface area contributed by atoms with E-state index in [1.807, 2.05) is 0 Å². The summed E-state index contributed by atoms with van der Waals surface area (Å²) in [7, 11) is 1.55. The number of benzene rings is 2. The van der Waals surface area contributed by atoms with Crippen molar-refractivity contribution in [3.8, 4) is 11.5 Å². The van der Waals surface area contributed by atoms with Crippen LogP contribution in [0.15, 0.2) is 48.5 Å². The molecular formula is C23H24N2O7. The van der Waals surface area contributed by atoms with E-state index in [1.54, 1.807) is 55.6 Å². The SMILES string of the molecule is COc1ccc(N2CC(C(=O)NC(Cc3ccc(OC(C)=O)cc3)C(=O)O)CC2=O)cc1. The zero-order chi connectivity index (χ0) is 23.3. The third-order valence-corrected chi connectivity index (χ3v) is 5.12. The number of carbonyl (C=O) groups is 4. The van der Waals surface area contributed by atoms with E-state index in [9.17, 15) is 24.3 Å². The molecule has 2 N–H and O–H groups in total. The van der Waals surface area contributed by atoms with Gasteiger partial charge in [-0.2, -0.15) is 0 Å². The number of aliphatic carboxylic acids is 1. The summed E-state index contributed by atoms with van der Waals surface area (Å²) in [5.74, 6) is -1.98. The largest absolute Gasteiger partial charge is 0.497 e. The van der Waals surface area contributed by atoms with E-state index in [1.165, 1.54) is 11.8 Å². The number of carbonyl (C=O) groups excluding carboxylic acids is 3. The van der Waals surface area contributed by atoms with E-state index < -0.39 is 29.8 Å². The zero-order valence-electron chi connectivity index (χ0n) is 17.7. The fraction of sp³-hybridized carbons (Fsp3) is 0.304. The molecule has 1 fully saturated rings. The maximum atomic E-state index is 12.7. The van der Waals surface area contributed by atoms with Crippen molar-refractivity contribution in [2.45, 2.75) is 25.8 Å². The van der Waals surface area contributed by atoms with Crippen molar-refractivity contribution >= 4 is 29.4 Å². The van der Waals surface area contributed by atoms with Crippen LogP contribution in [-0.2, 0) is 25.6 Å². The fourth-order valence-electron chi connectivity index (χ4n) is 3.48. The Bertz CT molecular complexity index is 1000. The van der Waals surface area contributed by atoms with Gasteiger partial charge in [0.2, 0.25) is 11.8 Å². The van der Waals surface area contributed by atoms with Crippen molar-refractivity contribution in [3.63, 3.8) is 0 Å². The van der Waals surface area contributed by atoms with Crippen molar-refractivity contribution in [1.82, 2.24) is 5.32 Å². The number of hydrogen-bond donors (Lipinski definition) is 2. The molecular weight excluding hydrogens is 416 g/mol. The maximum Gasteiger partial charge on any atom is 0.326 e. The predicted octanol–water partition coefficient (Wildman–Crippen LogP) is 1.79. The molecule has 2 amide bonds. The van der Waals surface area contributed by atoms with Gasteiger partial charge in [-0.25, -0.2) is 4.79 Å². The average Bonchev–Trinajstić information content (AvgIpc) is 3.16. The number of hydrogen-bond acceptors (Lipinski definition) is 6. The van der Waals surface area contributed by atoms with Crippen molar-refractivity contribution in [1.29, 1.82) is 0 Å². The Hall–Kier alpha value is -3.88. The second kappa shape index (κ2) is 9.95. The Morgan fingerprint density at radius 3 is 2.28 bits per heavy atom. The van der Waals surface area contributed by atoms with Crippen LogP contribution >= 0.6 is 0 Å². The molecule has 0 aromatic heterocycles. The van der Waals surface area contributed by atoms with Crippen LogP contribution in [-0.4, -0.2) is 48.6 Å². The van der Waals surface area contributed by atoms with E-state index in [0.29, 0.717) is 22.7 Å². The summed E-state index contributed by atoms with van der Waals surface area (Å²) in [6.45, 7) is 1.45. The van der Waals surface area contributed by atoms with Crippen LogP contribution in [0.3, 0.4) is 0 Å². The van der Waals surface area contributed by atoms with Crippen molar-refractivity contribution in [3.05, 3.63) is 54.1 Å². The van der Waals surface area contributed by atoms with Gasteiger partial charge in [0.15, 0.2) is 0 Å². The van der Waals surface area contributed by atoms with Crippen LogP contribution in [0.25, 0.3) is 0 Å². The third kappa shape index (κ3) is 5.63. The van der Waals surface area contributed by atoms with Crippen LogP contribution in [0, 0.1) is 5.92 Å². The van der Waals surface area contributed by atoms with E-state index in [0.717, 1.165) is 0 Å². The van der Waals surface area contributed by atoms with Gasteiger partial charge in [0.05, 0.1) is 13.0 Å². The number of nitrogens with zero attached hydrogens (tertiary/aromatic N) is 1. The number of anilines is 1. The van der Waals surface area contributed by atoms with E-state index in [4.69, 9.17) is 9.47 Å². The van der Waals surface area contributed by atoms with Crippen LogP contribution in [0.4, 0.5) is 5.69 Å². The van der Waals surface area contributed by atoms with Crippen LogP contribution in [0.2, 0.25) is 0 Å². The summed E-state index contributed by atoms with van der Waals surface area (Å²) in [6, 6.07) is 12.1.